The Labute approximate surface area is 205 Å². The zero-order valence-electron chi connectivity index (χ0n) is 19.7. The summed E-state index contributed by atoms with van der Waals surface area (Å²) >= 11 is 1.31. The van der Waals surface area contributed by atoms with Gasteiger partial charge in [-0.15, -0.1) is 16.2 Å². The Morgan fingerprint density at radius 1 is 1.29 bits per heavy atom. The van der Waals surface area contributed by atoms with Gasteiger partial charge in [0.1, 0.15) is 17.6 Å². The normalized spacial score (nSPS) is 14.1. The van der Waals surface area contributed by atoms with Crippen molar-refractivity contribution in [3.8, 4) is 16.5 Å². The molecule has 0 saturated carbocycles. The molecule has 1 aliphatic heterocycles. The molecule has 0 atom stereocenters. The van der Waals surface area contributed by atoms with Crippen molar-refractivity contribution in [1.82, 2.24) is 14.8 Å². The number of carbonyl (C=O) groups excluding carboxylic acids is 3. The van der Waals surface area contributed by atoms with Crippen molar-refractivity contribution >= 4 is 29.2 Å². The first-order valence-electron chi connectivity index (χ1n) is 10.9. The van der Waals surface area contributed by atoms with Gasteiger partial charge in [-0.25, -0.2) is 14.7 Å². The first-order chi connectivity index (χ1) is 16.7. The third-order valence-corrected chi connectivity index (χ3v) is 7.33. The fourth-order valence-electron chi connectivity index (χ4n) is 4.13. The molecular weight excluding hydrogens is 472 g/mol. The highest BCUT2D eigenvalue weighted by Crippen LogP contribution is 2.40. The van der Waals surface area contributed by atoms with Crippen molar-refractivity contribution in [2.24, 2.45) is 5.18 Å². The number of hydrogen-bond acceptors (Lipinski definition) is 8. The predicted octanol–water partition coefficient (Wildman–Crippen LogP) is 4.41. The van der Waals surface area contributed by atoms with Gasteiger partial charge in [-0.3, -0.25) is 9.59 Å². The molecule has 1 aliphatic rings. The van der Waals surface area contributed by atoms with Gasteiger partial charge in [-0.05, 0) is 44.4 Å². The van der Waals surface area contributed by atoms with Crippen LogP contribution in [0.3, 0.4) is 0 Å². The lowest BCUT2D eigenvalue weighted by Gasteiger charge is -2.35. The molecule has 3 aromatic rings. The minimum Gasteiger partial charge on any atom is -0.496 e. The van der Waals surface area contributed by atoms with Gasteiger partial charge in [-0.1, -0.05) is 18.2 Å². The maximum atomic E-state index is 13.8. The Balaban J connectivity index is 1.79. The number of nitroso groups, excluding NO2 is 1. The van der Waals surface area contributed by atoms with E-state index < -0.39 is 23.4 Å². The number of ether oxygens (including phenoxy) is 1. The van der Waals surface area contributed by atoms with E-state index in [0.717, 1.165) is 10.5 Å². The highest BCUT2D eigenvalue weighted by atomic mass is 32.1. The molecule has 0 unspecified atom stereocenters. The van der Waals surface area contributed by atoms with Gasteiger partial charge in [0.05, 0.1) is 30.3 Å². The number of amides is 4. The number of benzene rings is 1. The van der Waals surface area contributed by atoms with Crippen LogP contribution in [0, 0.1) is 11.8 Å². The number of fused-ring (bicyclic) bond motifs is 1. The van der Waals surface area contributed by atoms with E-state index in [9.17, 15) is 19.3 Å². The second kappa shape index (κ2) is 9.41. The number of rotatable bonds is 7. The van der Waals surface area contributed by atoms with Gasteiger partial charge < -0.3 is 14.1 Å². The SMILES string of the molecule is COc1ccccc1CCN1Cc2sc(-c3ncco3)c(C)c2C(=O)N(C(C)(C)C(=O)N=O)C1=O. The maximum absolute atomic E-state index is 13.8. The molecule has 11 heteroatoms. The summed E-state index contributed by atoms with van der Waals surface area (Å²) in [6, 6.07) is 6.78. The minimum absolute atomic E-state index is 0.135. The van der Waals surface area contributed by atoms with E-state index in [2.05, 4.69) is 10.2 Å². The van der Waals surface area contributed by atoms with Crippen molar-refractivity contribution in [1.29, 1.82) is 0 Å². The molecular formula is C24H24N4O6S. The average Bonchev–Trinajstić information content (AvgIpc) is 3.46. The standard InChI is InChI=1S/C24H24N4O6S/c1-14-18-17(35-19(14)20-25-10-12-34-20)13-27(11-9-15-7-5-6-8-16(15)33-4)23(31)28(21(18)29)24(2,3)22(30)26-32/h5-8,10,12H,9,11,13H2,1-4H3. The summed E-state index contributed by atoms with van der Waals surface area (Å²) in [4.78, 5) is 58.8. The molecule has 1 aromatic carbocycles. The summed E-state index contributed by atoms with van der Waals surface area (Å²) in [7, 11) is 1.57. The van der Waals surface area contributed by atoms with Crippen LogP contribution in [-0.4, -0.2) is 51.8 Å². The van der Waals surface area contributed by atoms with Crippen LogP contribution in [0.4, 0.5) is 4.79 Å². The summed E-state index contributed by atoms with van der Waals surface area (Å²) in [6.45, 7) is 4.80. The van der Waals surface area contributed by atoms with Gasteiger partial charge >= 0.3 is 11.9 Å². The van der Waals surface area contributed by atoms with E-state index in [-0.39, 0.29) is 13.1 Å². The molecule has 0 aliphatic carbocycles. The van der Waals surface area contributed by atoms with E-state index >= 15 is 0 Å². The van der Waals surface area contributed by atoms with Crippen molar-refractivity contribution in [2.45, 2.75) is 39.3 Å². The fraction of sp³-hybridized carbons (Fsp3) is 0.333. The highest BCUT2D eigenvalue weighted by molar-refractivity contribution is 7.16. The van der Waals surface area contributed by atoms with Crippen LogP contribution in [0.15, 0.2) is 46.3 Å². The highest BCUT2D eigenvalue weighted by Gasteiger charge is 2.48. The number of nitrogens with zero attached hydrogens (tertiary/aromatic N) is 4. The third kappa shape index (κ3) is 4.23. The number of urea groups is 1. The summed E-state index contributed by atoms with van der Waals surface area (Å²) < 4.78 is 10.9. The molecule has 35 heavy (non-hydrogen) atoms. The Bertz CT molecular complexity index is 1300. The van der Waals surface area contributed by atoms with E-state index in [1.165, 1.54) is 42.5 Å². The first kappa shape index (κ1) is 24.3. The summed E-state index contributed by atoms with van der Waals surface area (Å²) in [5.41, 5.74) is -0.0114. The zero-order chi connectivity index (χ0) is 25.3. The van der Waals surface area contributed by atoms with Crippen molar-refractivity contribution in [2.75, 3.05) is 13.7 Å². The van der Waals surface area contributed by atoms with Crippen LogP contribution >= 0.6 is 11.3 Å². The van der Waals surface area contributed by atoms with Crippen molar-refractivity contribution < 1.29 is 23.5 Å². The molecule has 0 radical (unpaired) electrons. The fourth-order valence-corrected chi connectivity index (χ4v) is 5.38. The van der Waals surface area contributed by atoms with Crippen LogP contribution in [-0.2, 0) is 17.8 Å². The number of oxazole rings is 1. The largest absolute Gasteiger partial charge is 0.496 e. The molecule has 10 nitrogen and oxygen atoms in total. The average molecular weight is 497 g/mol. The van der Waals surface area contributed by atoms with Crippen LogP contribution < -0.4 is 4.74 Å². The molecule has 0 spiro atoms. The zero-order valence-corrected chi connectivity index (χ0v) is 20.5. The van der Waals surface area contributed by atoms with Crippen molar-refractivity contribution in [3.05, 3.63) is 63.2 Å². The molecule has 4 amide bonds. The lowest BCUT2D eigenvalue weighted by molar-refractivity contribution is -0.125. The minimum atomic E-state index is -1.78. The second-order valence-corrected chi connectivity index (χ2v) is 9.66. The van der Waals surface area contributed by atoms with Crippen LogP contribution in [0.2, 0.25) is 0 Å². The van der Waals surface area contributed by atoms with Gasteiger partial charge in [0.25, 0.3) is 5.91 Å². The van der Waals surface area contributed by atoms with Crippen molar-refractivity contribution in [3.63, 3.8) is 0 Å². The molecule has 3 heterocycles. The molecule has 2 aromatic heterocycles. The Hall–Kier alpha value is -3.86. The predicted molar refractivity (Wildman–Crippen MR) is 128 cm³/mol. The Morgan fingerprint density at radius 3 is 2.69 bits per heavy atom. The summed E-state index contributed by atoms with van der Waals surface area (Å²) in [5.74, 6) is -0.745. The first-order valence-corrected chi connectivity index (χ1v) is 11.7. The van der Waals surface area contributed by atoms with Gasteiger partial charge in [0.2, 0.25) is 5.89 Å². The topological polar surface area (TPSA) is 122 Å². The Morgan fingerprint density at radius 2 is 2.03 bits per heavy atom. The number of carbonyl (C=O) groups is 3. The van der Waals surface area contributed by atoms with Crippen LogP contribution in [0.1, 0.15) is 40.2 Å². The van der Waals surface area contributed by atoms with E-state index in [0.29, 0.717) is 38.9 Å². The van der Waals surface area contributed by atoms with Gasteiger partial charge in [0, 0.05) is 16.6 Å². The molecule has 0 N–H and O–H groups in total. The smallest absolute Gasteiger partial charge is 0.328 e. The number of hydrogen-bond donors (Lipinski definition) is 0. The van der Waals surface area contributed by atoms with Crippen LogP contribution in [0.5, 0.6) is 5.75 Å². The number of thiophene rings is 1. The molecule has 0 fully saturated rings. The summed E-state index contributed by atoms with van der Waals surface area (Å²) in [5, 5.41) is 2.51. The van der Waals surface area contributed by atoms with E-state index in [4.69, 9.17) is 9.15 Å². The quantitative estimate of drug-likeness (QED) is 0.444. The number of aromatic nitrogens is 1. The van der Waals surface area contributed by atoms with Gasteiger partial charge in [-0.2, -0.15) is 0 Å². The molecule has 4 rings (SSSR count). The second-order valence-electron chi connectivity index (χ2n) is 8.55. The third-order valence-electron chi connectivity index (χ3n) is 6.07. The number of para-hydroxylation sites is 1. The van der Waals surface area contributed by atoms with E-state index in [1.54, 1.807) is 14.0 Å². The molecule has 0 bridgehead atoms. The summed E-state index contributed by atoms with van der Waals surface area (Å²) in [6.07, 6.45) is 3.40. The lowest BCUT2D eigenvalue weighted by Crippen LogP contribution is -2.58. The monoisotopic (exact) mass is 496 g/mol. The number of imide groups is 1. The molecule has 0 saturated heterocycles. The number of methoxy groups -OCH3 is 1. The van der Waals surface area contributed by atoms with Crippen LogP contribution in [0.25, 0.3) is 10.8 Å². The van der Waals surface area contributed by atoms with Gasteiger partial charge in [0.15, 0.2) is 0 Å². The van der Waals surface area contributed by atoms with E-state index in [1.807, 2.05) is 24.3 Å². The lowest BCUT2D eigenvalue weighted by atomic mass is 10.00. The Kier molecular flexibility index (Phi) is 6.53. The molecule has 182 valence electrons. The maximum Gasteiger partial charge on any atom is 0.328 e.